The zero-order valence-electron chi connectivity index (χ0n) is 14.9. The van der Waals surface area contributed by atoms with Crippen molar-refractivity contribution in [1.82, 2.24) is 0 Å². The lowest BCUT2D eigenvalue weighted by Crippen LogP contribution is -2.39. The van der Waals surface area contributed by atoms with Gasteiger partial charge in [-0.05, 0) is 40.8 Å². The van der Waals surface area contributed by atoms with Crippen LogP contribution in [0.2, 0.25) is 0 Å². The topological polar surface area (TPSA) is 102 Å². The van der Waals surface area contributed by atoms with Gasteiger partial charge in [0, 0.05) is 17.1 Å². The Balaban J connectivity index is 1.80. The number of rotatable bonds is 6. The Bertz CT molecular complexity index is 1300. The summed E-state index contributed by atoms with van der Waals surface area (Å²) < 4.78 is 39.2. The quantitative estimate of drug-likeness (QED) is 0.241. The van der Waals surface area contributed by atoms with E-state index in [1.165, 1.54) is 23.1 Å². The molecule has 7 nitrogen and oxygen atoms in total. The Kier molecular flexibility index (Phi) is 6.50. The molecular formula is C17H12BrIN2O5S4. The minimum atomic E-state index is -4.37. The normalized spacial score (nSPS) is 15.3. The molecule has 30 heavy (non-hydrogen) atoms. The van der Waals surface area contributed by atoms with Gasteiger partial charge in [-0.2, -0.15) is 4.57 Å². The molecule has 4 rings (SSSR count). The molecule has 0 saturated carbocycles. The van der Waals surface area contributed by atoms with Gasteiger partial charge in [-0.3, -0.25) is 0 Å². The largest absolute Gasteiger partial charge is 0.748 e. The van der Waals surface area contributed by atoms with E-state index in [0.29, 0.717) is 0 Å². The van der Waals surface area contributed by atoms with Gasteiger partial charge in [-0.25, -0.2) is 13.2 Å². The molecule has 158 valence electrons. The second-order valence-electron chi connectivity index (χ2n) is 6.25. The van der Waals surface area contributed by atoms with Crippen molar-refractivity contribution in [3.8, 4) is 0 Å². The maximum Gasteiger partial charge on any atom is 0.370 e. The number of nitrogens with zero attached hydrogens (tertiary/aromatic N) is 2. The van der Waals surface area contributed by atoms with Crippen LogP contribution in [0.4, 0.5) is 5.69 Å². The summed E-state index contributed by atoms with van der Waals surface area (Å²) in [7, 11) is -4.37. The fraction of sp³-hybridized carbons (Fsp3) is 0.176. The van der Waals surface area contributed by atoms with Crippen LogP contribution in [0.25, 0.3) is 16.3 Å². The predicted octanol–water partition coefficient (Wildman–Crippen LogP) is 4.16. The van der Waals surface area contributed by atoms with Crippen molar-refractivity contribution in [3.05, 3.63) is 41.7 Å². The van der Waals surface area contributed by atoms with Crippen LogP contribution in [0.5, 0.6) is 0 Å². The molecule has 0 bridgehead atoms. The maximum absolute atomic E-state index is 11.5. The Hall–Kier alpha value is -0.710. The van der Waals surface area contributed by atoms with E-state index in [1.54, 1.807) is 15.9 Å². The summed E-state index contributed by atoms with van der Waals surface area (Å²) in [6.45, 7) is -0.158. The summed E-state index contributed by atoms with van der Waals surface area (Å²) in [5.41, 5.74) is 1.67. The van der Waals surface area contributed by atoms with E-state index in [-0.39, 0.29) is 13.1 Å². The van der Waals surface area contributed by atoms with E-state index < -0.39 is 21.8 Å². The number of fused-ring (bicyclic) bond motifs is 2. The number of hydrogen-bond acceptors (Lipinski definition) is 8. The van der Waals surface area contributed by atoms with Gasteiger partial charge in [0.2, 0.25) is 12.1 Å². The van der Waals surface area contributed by atoms with Gasteiger partial charge in [-0.1, -0.05) is 39.0 Å². The van der Waals surface area contributed by atoms with Crippen molar-refractivity contribution in [2.75, 3.05) is 17.2 Å². The third-order valence-corrected chi connectivity index (χ3v) is 9.61. The SMILES string of the molecule is O=C(O)C[n+]1c(C=C2Sc3sc(I)cc3N2CCS(=O)(=O)[O-])sc2ccc(Br)cc21. The zero-order valence-corrected chi connectivity index (χ0v) is 21.9. The highest BCUT2D eigenvalue weighted by molar-refractivity contribution is 14.1. The van der Waals surface area contributed by atoms with Crippen LogP contribution in [0.15, 0.2) is 38.0 Å². The number of thiophene rings is 1. The van der Waals surface area contributed by atoms with Crippen LogP contribution in [0.1, 0.15) is 5.01 Å². The number of aromatic nitrogens is 1. The molecule has 0 atom stereocenters. The fourth-order valence-electron chi connectivity index (χ4n) is 2.99. The highest BCUT2D eigenvalue weighted by atomic mass is 127. The first-order valence-electron chi connectivity index (χ1n) is 8.34. The molecule has 1 N–H and O–H groups in total. The van der Waals surface area contributed by atoms with E-state index in [0.717, 1.165) is 37.5 Å². The number of anilines is 1. The number of hydrogen-bond donors (Lipinski definition) is 1. The average molecular weight is 659 g/mol. The second-order valence-corrected chi connectivity index (χ2v) is 14.0. The molecule has 0 aliphatic carbocycles. The van der Waals surface area contributed by atoms with Crippen molar-refractivity contribution in [3.63, 3.8) is 0 Å². The van der Waals surface area contributed by atoms with E-state index in [2.05, 4.69) is 38.5 Å². The van der Waals surface area contributed by atoms with Crippen molar-refractivity contribution in [1.29, 1.82) is 0 Å². The fourth-order valence-corrected chi connectivity index (χ4v) is 8.55. The summed E-state index contributed by atoms with van der Waals surface area (Å²) in [6, 6.07) is 7.65. The molecule has 3 aromatic rings. The first-order valence-corrected chi connectivity index (χ1v) is 14.2. The van der Waals surface area contributed by atoms with Crippen LogP contribution >= 0.6 is 73.0 Å². The molecule has 1 aromatic carbocycles. The summed E-state index contributed by atoms with van der Waals surface area (Å²) in [5, 5.41) is 10.9. The Morgan fingerprint density at radius 2 is 2.10 bits per heavy atom. The van der Waals surface area contributed by atoms with Crippen molar-refractivity contribution in [2.45, 2.75) is 10.8 Å². The smallest absolute Gasteiger partial charge is 0.370 e. The van der Waals surface area contributed by atoms with Crippen LogP contribution in [0.3, 0.4) is 0 Å². The lowest BCUT2D eigenvalue weighted by molar-refractivity contribution is -0.657. The molecule has 3 heterocycles. The number of thiazole rings is 1. The monoisotopic (exact) mass is 658 g/mol. The first kappa shape index (κ1) is 22.5. The summed E-state index contributed by atoms with van der Waals surface area (Å²) >= 11 is 10.2. The van der Waals surface area contributed by atoms with Crippen molar-refractivity contribution >= 4 is 111 Å². The number of halogens is 2. The second kappa shape index (κ2) is 8.67. The van der Waals surface area contributed by atoms with Gasteiger partial charge in [0.15, 0.2) is 0 Å². The molecule has 0 unspecified atom stereocenters. The predicted molar refractivity (Wildman–Crippen MR) is 130 cm³/mol. The molecule has 0 spiro atoms. The standard InChI is InChI=1S/C17H12BrIN2O5S4/c18-9-1-2-12-10(5-9)21(8-16(22)23)15(27-12)7-14-20(3-4-30(24,25)26)11-6-13(19)28-17(11)29-14/h1-2,5-7H,3-4,8H2,(H-,22,23,24,25,26). The van der Waals surface area contributed by atoms with Gasteiger partial charge in [0.25, 0.3) is 5.01 Å². The van der Waals surface area contributed by atoms with Crippen LogP contribution in [-0.4, -0.2) is 36.3 Å². The van der Waals surface area contributed by atoms with Crippen LogP contribution < -0.4 is 9.47 Å². The van der Waals surface area contributed by atoms with E-state index in [9.17, 15) is 22.9 Å². The highest BCUT2D eigenvalue weighted by Crippen LogP contribution is 2.51. The van der Waals surface area contributed by atoms with Gasteiger partial charge in [-0.15, -0.1) is 11.3 Å². The molecule has 0 fully saturated rings. The zero-order chi connectivity index (χ0) is 21.6. The summed E-state index contributed by atoms with van der Waals surface area (Å²) in [4.78, 5) is 13.3. The molecule has 2 aromatic heterocycles. The number of carbonyl (C=O) groups is 1. The molecule has 0 radical (unpaired) electrons. The van der Waals surface area contributed by atoms with Crippen molar-refractivity contribution in [2.24, 2.45) is 0 Å². The molecule has 0 saturated heterocycles. The minimum absolute atomic E-state index is 0.0415. The van der Waals surface area contributed by atoms with Gasteiger partial charge in [0.05, 0.1) is 39.8 Å². The molecule has 0 amide bonds. The Labute approximate surface area is 206 Å². The molecule has 13 heteroatoms. The number of thioether (sulfide) groups is 1. The number of carboxylic acids is 1. The summed E-state index contributed by atoms with van der Waals surface area (Å²) in [6.07, 6.45) is 1.86. The van der Waals surface area contributed by atoms with E-state index >= 15 is 0 Å². The highest BCUT2D eigenvalue weighted by Gasteiger charge is 2.30. The third-order valence-electron chi connectivity index (χ3n) is 4.20. The van der Waals surface area contributed by atoms with E-state index in [1.807, 2.05) is 35.2 Å². The molecule has 1 aliphatic rings. The lowest BCUT2D eigenvalue weighted by Gasteiger charge is -2.20. The van der Waals surface area contributed by atoms with Gasteiger partial charge in [0.1, 0.15) is 4.70 Å². The molecule has 1 aliphatic heterocycles. The maximum atomic E-state index is 11.5. The average Bonchev–Trinajstić information content (AvgIpc) is 3.24. The Morgan fingerprint density at radius 1 is 1.33 bits per heavy atom. The van der Waals surface area contributed by atoms with Crippen LogP contribution in [-0.2, 0) is 21.5 Å². The van der Waals surface area contributed by atoms with Crippen LogP contribution in [0, 0.1) is 2.88 Å². The van der Waals surface area contributed by atoms with Crippen molar-refractivity contribution < 1.29 is 27.4 Å². The third kappa shape index (κ3) is 4.86. The van der Waals surface area contributed by atoms with Gasteiger partial charge >= 0.3 is 5.97 Å². The number of aliphatic carboxylic acids is 1. The van der Waals surface area contributed by atoms with E-state index in [4.69, 9.17) is 0 Å². The number of carboxylic acid groups (broad SMARTS) is 1. The molecular weight excluding hydrogens is 647 g/mol. The Morgan fingerprint density at radius 3 is 2.80 bits per heavy atom. The lowest BCUT2D eigenvalue weighted by atomic mass is 10.3. The summed E-state index contributed by atoms with van der Waals surface area (Å²) in [5.74, 6) is -1.47. The first-order chi connectivity index (χ1) is 14.1. The number of benzene rings is 1. The van der Waals surface area contributed by atoms with Gasteiger partial charge < -0.3 is 14.6 Å². The minimum Gasteiger partial charge on any atom is -0.748 e.